The van der Waals surface area contributed by atoms with Crippen molar-refractivity contribution in [2.24, 2.45) is 11.8 Å². The average molecular weight is 309 g/mol. The van der Waals surface area contributed by atoms with E-state index in [2.05, 4.69) is 17.9 Å². The van der Waals surface area contributed by atoms with Crippen molar-refractivity contribution in [1.82, 2.24) is 5.32 Å². The largest absolute Gasteiger partial charge is 0.480 e. The van der Waals surface area contributed by atoms with E-state index in [0.29, 0.717) is 18.1 Å². The van der Waals surface area contributed by atoms with E-state index in [1.807, 2.05) is 44.2 Å². The van der Waals surface area contributed by atoms with E-state index in [-0.39, 0.29) is 18.2 Å². The van der Waals surface area contributed by atoms with Crippen LogP contribution in [-0.2, 0) is 9.53 Å². The van der Waals surface area contributed by atoms with Crippen LogP contribution in [0.1, 0.15) is 31.9 Å². The number of rotatable bonds is 7. The van der Waals surface area contributed by atoms with Crippen molar-refractivity contribution < 1.29 is 14.6 Å². The molecule has 1 aliphatic heterocycles. The molecular weight excluding hydrogens is 286 g/mol. The highest BCUT2D eigenvalue weighted by Gasteiger charge is 2.43. The van der Waals surface area contributed by atoms with Crippen LogP contribution in [0.5, 0.6) is 0 Å². The molecule has 1 aromatic rings. The molecule has 3 unspecified atom stereocenters. The summed E-state index contributed by atoms with van der Waals surface area (Å²) < 4.78 is 5.87. The van der Waals surface area contributed by atoms with Crippen LogP contribution >= 0.6 is 12.6 Å². The van der Waals surface area contributed by atoms with Crippen molar-refractivity contribution in [3.63, 3.8) is 0 Å². The van der Waals surface area contributed by atoms with Gasteiger partial charge in [-0.25, -0.2) is 0 Å². The van der Waals surface area contributed by atoms with Gasteiger partial charge >= 0.3 is 5.97 Å². The molecule has 0 bridgehead atoms. The normalized spacial score (nSPS) is 26.4. The number of aliphatic carboxylic acids is 1. The summed E-state index contributed by atoms with van der Waals surface area (Å²) in [6.07, 6.45) is 0.340. The molecule has 21 heavy (non-hydrogen) atoms. The maximum absolute atomic E-state index is 11.3. The van der Waals surface area contributed by atoms with E-state index >= 15 is 0 Å². The first-order valence-corrected chi connectivity index (χ1v) is 7.96. The smallest absolute Gasteiger partial charge is 0.320 e. The van der Waals surface area contributed by atoms with Crippen LogP contribution in [0.2, 0.25) is 0 Å². The molecule has 0 aromatic heterocycles. The number of carboxylic acids is 1. The van der Waals surface area contributed by atoms with Gasteiger partial charge in [-0.3, -0.25) is 10.1 Å². The highest BCUT2D eigenvalue weighted by molar-refractivity contribution is 7.80. The Morgan fingerprint density at radius 1 is 1.38 bits per heavy atom. The molecule has 0 spiro atoms. The fraction of sp³-hybridized carbons (Fsp3) is 0.562. The molecule has 4 nitrogen and oxygen atoms in total. The third-order valence-corrected chi connectivity index (χ3v) is 4.20. The molecule has 4 atom stereocenters. The van der Waals surface area contributed by atoms with E-state index in [0.717, 1.165) is 5.56 Å². The SMILES string of the molecule is CC(C)C[C@H](NC1OC(c2ccccc2)C1CS)C(=O)O. The van der Waals surface area contributed by atoms with Gasteiger partial charge < -0.3 is 9.84 Å². The van der Waals surface area contributed by atoms with Crippen LogP contribution in [0.15, 0.2) is 30.3 Å². The number of nitrogens with one attached hydrogen (secondary N) is 1. The van der Waals surface area contributed by atoms with Crippen molar-refractivity contribution in [3.05, 3.63) is 35.9 Å². The molecule has 1 aromatic carbocycles. The van der Waals surface area contributed by atoms with Gasteiger partial charge in [0, 0.05) is 5.92 Å². The standard InChI is InChI=1S/C16H23NO3S/c1-10(2)8-13(16(18)19)17-15-12(9-21)14(20-15)11-6-4-3-5-7-11/h3-7,10,12-15,17,21H,8-9H2,1-2H3,(H,18,19)/t12?,13-,14?,15?/m0/s1. The summed E-state index contributed by atoms with van der Waals surface area (Å²) >= 11 is 4.39. The molecule has 1 fully saturated rings. The second-order valence-electron chi connectivity index (χ2n) is 5.92. The minimum Gasteiger partial charge on any atom is -0.480 e. The molecule has 0 aliphatic carbocycles. The maximum Gasteiger partial charge on any atom is 0.320 e. The number of carbonyl (C=O) groups is 1. The highest BCUT2D eigenvalue weighted by atomic mass is 32.1. The number of benzene rings is 1. The minimum absolute atomic E-state index is 0.00491. The molecule has 2 rings (SSSR count). The third kappa shape index (κ3) is 3.99. The van der Waals surface area contributed by atoms with Gasteiger partial charge in [0.05, 0.1) is 6.10 Å². The molecule has 1 saturated heterocycles. The summed E-state index contributed by atoms with van der Waals surface area (Å²) in [5.41, 5.74) is 1.12. The van der Waals surface area contributed by atoms with Gasteiger partial charge in [-0.2, -0.15) is 12.6 Å². The number of carboxylic acid groups (broad SMARTS) is 1. The molecule has 5 heteroatoms. The second kappa shape index (κ2) is 7.29. The lowest BCUT2D eigenvalue weighted by Gasteiger charge is -2.46. The van der Waals surface area contributed by atoms with Crippen LogP contribution in [0.25, 0.3) is 0 Å². The van der Waals surface area contributed by atoms with Gasteiger partial charge in [0.1, 0.15) is 12.3 Å². The summed E-state index contributed by atoms with van der Waals surface area (Å²) in [5.74, 6) is 0.335. The molecule has 0 saturated carbocycles. The molecule has 2 N–H and O–H groups in total. The Kier molecular flexibility index (Phi) is 5.67. The van der Waals surface area contributed by atoms with E-state index in [4.69, 9.17) is 4.74 Å². The zero-order valence-electron chi connectivity index (χ0n) is 12.4. The average Bonchev–Trinajstić information content (AvgIpc) is 2.42. The Labute approximate surface area is 131 Å². The van der Waals surface area contributed by atoms with Crippen LogP contribution in [0.4, 0.5) is 0 Å². The zero-order valence-corrected chi connectivity index (χ0v) is 13.3. The fourth-order valence-electron chi connectivity index (χ4n) is 2.66. The van der Waals surface area contributed by atoms with Crippen LogP contribution in [0.3, 0.4) is 0 Å². The van der Waals surface area contributed by atoms with Crippen LogP contribution < -0.4 is 5.32 Å². The van der Waals surface area contributed by atoms with E-state index in [1.165, 1.54) is 0 Å². The van der Waals surface area contributed by atoms with Gasteiger partial charge in [0.15, 0.2) is 0 Å². The van der Waals surface area contributed by atoms with Crippen molar-refractivity contribution in [2.45, 2.75) is 38.6 Å². The highest BCUT2D eigenvalue weighted by Crippen LogP contribution is 2.40. The van der Waals surface area contributed by atoms with Gasteiger partial charge in [-0.1, -0.05) is 44.2 Å². The first-order valence-electron chi connectivity index (χ1n) is 7.33. The Morgan fingerprint density at radius 3 is 2.57 bits per heavy atom. The molecule has 0 amide bonds. The first-order chi connectivity index (χ1) is 10.0. The molecule has 0 radical (unpaired) electrons. The monoisotopic (exact) mass is 309 g/mol. The van der Waals surface area contributed by atoms with E-state index < -0.39 is 12.0 Å². The molecular formula is C16H23NO3S. The third-order valence-electron chi connectivity index (χ3n) is 3.78. The fourth-order valence-corrected chi connectivity index (χ4v) is 3.04. The summed E-state index contributed by atoms with van der Waals surface area (Å²) in [5, 5.41) is 12.4. The number of hydrogen-bond acceptors (Lipinski definition) is 4. The Bertz CT molecular complexity index is 466. The van der Waals surface area contributed by atoms with E-state index in [1.54, 1.807) is 0 Å². The number of thiol groups is 1. The quantitative estimate of drug-likeness (QED) is 0.678. The zero-order chi connectivity index (χ0) is 15.4. The van der Waals surface area contributed by atoms with Gasteiger partial charge in [-0.05, 0) is 23.7 Å². The molecule has 1 aliphatic rings. The summed E-state index contributed by atoms with van der Waals surface area (Å²) in [6.45, 7) is 4.03. The second-order valence-corrected chi connectivity index (χ2v) is 6.29. The molecule has 116 valence electrons. The van der Waals surface area contributed by atoms with Crippen molar-refractivity contribution in [3.8, 4) is 0 Å². The predicted molar refractivity (Wildman–Crippen MR) is 85.4 cm³/mol. The van der Waals surface area contributed by atoms with Gasteiger partial charge in [0.25, 0.3) is 0 Å². The summed E-state index contributed by atoms with van der Waals surface area (Å²) in [7, 11) is 0. The van der Waals surface area contributed by atoms with Crippen molar-refractivity contribution in [1.29, 1.82) is 0 Å². The number of ether oxygens (including phenoxy) is 1. The van der Waals surface area contributed by atoms with Crippen LogP contribution in [-0.4, -0.2) is 29.1 Å². The maximum atomic E-state index is 11.3. The van der Waals surface area contributed by atoms with E-state index in [9.17, 15) is 9.90 Å². The predicted octanol–water partition coefficient (Wildman–Crippen LogP) is 2.72. The van der Waals surface area contributed by atoms with Crippen molar-refractivity contribution >= 4 is 18.6 Å². The van der Waals surface area contributed by atoms with Crippen molar-refractivity contribution in [2.75, 3.05) is 5.75 Å². The lowest BCUT2D eigenvalue weighted by Crippen LogP contribution is -2.57. The Morgan fingerprint density at radius 2 is 2.05 bits per heavy atom. The lowest BCUT2D eigenvalue weighted by molar-refractivity contribution is -0.199. The van der Waals surface area contributed by atoms with Crippen LogP contribution in [0, 0.1) is 11.8 Å². The lowest BCUT2D eigenvalue weighted by atomic mass is 9.89. The topological polar surface area (TPSA) is 58.6 Å². The summed E-state index contributed by atoms with van der Waals surface area (Å²) in [6, 6.07) is 9.41. The van der Waals surface area contributed by atoms with Gasteiger partial charge in [0.2, 0.25) is 0 Å². The molecule has 1 heterocycles. The van der Waals surface area contributed by atoms with Gasteiger partial charge in [-0.15, -0.1) is 0 Å². The first kappa shape index (κ1) is 16.3. The minimum atomic E-state index is -0.826. The summed E-state index contributed by atoms with van der Waals surface area (Å²) in [4.78, 5) is 11.3. The Hall–Kier alpha value is -1.04. The number of hydrogen-bond donors (Lipinski definition) is 3. The Balaban J connectivity index is 1.98.